The summed E-state index contributed by atoms with van der Waals surface area (Å²) in [7, 11) is 0. The van der Waals surface area contributed by atoms with Crippen molar-refractivity contribution in [3.05, 3.63) is 24.0 Å². The summed E-state index contributed by atoms with van der Waals surface area (Å²) in [4.78, 5) is 13.7. The number of piperidine rings is 1. The van der Waals surface area contributed by atoms with Crippen molar-refractivity contribution in [3.63, 3.8) is 0 Å². The summed E-state index contributed by atoms with van der Waals surface area (Å²) in [6.07, 6.45) is 1.20. The van der Waals surface area contributed by atoms with E-state index in [9.17, 15) is 14.3 Å². The number of amides is 1. The van der Waals surface area contributed by atoms with Crippen LogP contribution in [0.15, 0.2) is 18.2 Å². The Morgan fingerprint density at radius 1 is 1.36 bits per heavy atom. The van der Waals surface area contributed by atoms with E-state index in [2.05, 4.69) is 5.32 Å². The Morgan fingerprint density at radius 2 is 2.00 bits per heavy atom. The van der Waals surface area contributed by atoms with Gasteiger partial charge in [-0.05, 0) is 45.7 Å². The Hall–Kier alpha value is -1.98. The zero-order valence-corrected chi connectivity index (χ0v) is 13.2. The van der Waals surface area contributed by atoms with Gasteiger partial charge >= 0.3 is 6.09 Å². The molecule has 1 aliphatic heterocycles. The number of carbonyl (C=O) groups excluding carboxylic acids is 1. The number of nitrogens with one attached hydrogen (secondary N) is 1. The molecule has 1 saturated heterocycles. The standard InChI is InChI=1S/C16H23FN2O3/c1-16(2,3)22-15(21)19-8-6-12(7-9-19)18-13-5-4-11(17)10-14(13)20/h4-5,10,12,18,20H,6-9H2,1-3H3. The molecule has 0 aromatic heterocycles. The fourth-order valence-corrected chi connectivity index (χ4v) is 2.38. The third-order valence-electron chi connectivity index (χ3n) is 3.47. The number of benzene rings is 1. The van der Waals surface area contributed by atoms with Gasteiger partial charge in [-0.1, -0.05) is 0 Å². The summed E-state index contributed by atoms with van der Waals surface area (Å²) in [5.74, 6) is -0.572. The van der Waals surface area contributed by atoms with Crippen molar-refractivity contribution in [2.24, 2.45) is 0 Å². The third kappa shape index (κ3) is 4.51. The molecule has 0 atom stereocenters. The Kier molecular flexibility index (Phi) is 4.78. The maximum Gasteiger partial charge on any atom is 0.410 e. The zero-order valence-electron chi connectivity index (χ0n) is 13.2. The van der Waals surface area contributed by atoms with Crippen molar-refractivity contribution >= 4 is 11.8 Å². The number of carbonyl (C=O) groups is 1. The molecule has 1 aromatic rings. The summed E-state index contributed by atoms with van der Waals surface area (Å²) < 4.78 is 18.3. The maximum atomic E-state index is 13.0. The van der Waals surface area contributed by atoms with Gasteiger partial charge in [-0.25, -0.2) is 9.18 Å². The van der Waals surface area contributed by atoms with Crippen molar-refractivity contribution in [2.75, 3.05) is 18.4 Å². The summed E-state index contributed by atoms with van der Waals surface area (Å²) in [6.45, 7) is 6.71. The van der Waals surface area contributed by atoms with Crippen LogP contribution in [-0.2, 0) is 4.74 Å². The van der Waals surface area contributed by atoms with E-state index in [1.165, 1.54) is 12.1 Å². The minimum absolute atomic E-state index is 0.102. The number of hydrogen-bond donors (Lipinski definition) is 2. The predicted octanol–water partition coefficient (Wildman–Crippen LogP) is 3.34. The molecular formula is C16H23FN2O3. The van der Waals surface area contributed by atoms with Crippen molar-refractivity contribution in [1.82, 2.24) is 4.90 Å². The van der Waals surface area contributed by atoms with Crippen molar-refractivity contribution < 1.29 is 19.0 Å². The molecule has 0 radical (unpaired) electrons. The average Bonchev–Trinajstić information content (AvgIpc) is 2.41. The SMILES string of the molecule is CC(C)(C)OC(=O)N1CCC(Nc2ccc(F)cc2O)CC1. The molecule has 1 fully saturated rings. The zero-order chi connectivity index (χ0) is 16.3. The number of ether oxygens (including phenoxy) is 1. The molecule has 5 nitrogen and oxygen atoms in total. The van der Waals surface area contributed by atoms with Crippen LogP contribution in [-0.4, -0.2) is 40.8 Å². The number of hydrogen-bond acceptors (Lipinski definition) is 4. The van der Waals surface area contributed by atoms with Crippen LogP contribution >= 0.6 is 0 Å². The number of phenolic OH excluding ortho intramolecular Hbond substituents is 1. The van der Waals surface area contributed by atoms with Crippen LogP contribution in [0.3, 0.4) is 0 Å². The Morgan fingerprint density at radius 3 is 2.55 bits per heavy atom. The number of likely N-dealkylation sites (tertiary alicyclic amines) is 1. The Bertz CT molecular complexity index is 535. The number of nitrogens with zero attached hydrogens (tertiary/aromatic N) is 1. The van der Waals surface area contributed by atoms with Gasteiger partial charge in [0.05, 0.1) is 5.69 Å². The van der Waals surface area contributed by atoms with Crippen molar-refractivity contribution in [3.8, 4) is 5.75 Å². The van der Waals surface area contributed by atoms with E-state index in [1.807, 2.05) is 20.8 Å². The second kappa shape index (κ2) is 6.42. The predicted molar refractivity (Wildman–Crippen MR) is 82.5 cm³/mol. The van der Waals surface area contributed by atoms with E-state index < -0.39 is 11.4 Å². The molecular weight excluding hydrogens is 287 g/mol. The molecule has 1 amide bonds. The molecule has 0 bridgehead atoms. The minimum Gasteiger partial charge on any atom is -0.506 e. The van der Waals surface area contributed by atoms with Crippen LogP contribution in [0.25, 0.3) is 0 Å². The molecule has 6 heteroatoms. The maximum absolute atomic E-state index is 13.0. The first-order valence-corrected chi connectivity index (χ1v) is 7.47. The van der Waals surface area contributed by atoms with Gasteiger partial charge in [0, 0.05) is 25.2 Å². The lowest BCUT2D eigenvalue weighted by Gasteiger charge is -2.34. The molecule has 0 aliphatic carbocycles. The smallest absolute Gasteiger partial charge is 0.410 e. The fourth-order valence-electron chi connectivity index (χ4n) is 2.38. The monoisotopic (exact) mass is 310 g/mol. The van der Waals surface area contributed by atoms with Crippen LogP contribution in [0, 0.1) is 5.82 Å². The molecule has 0 unspecified atom stereocenters. The van der Waals surface area contributed by atoms with Gasteiger partial charge in [0.2, 0.25) is 0 Å². The van der Waals surface area contributed by atoms with Crippen LogP contribution < -0.4 is 5.32 Å². The second-order valence-electron chi connectivity index (χ2n) is 6.55. The number of phenols is 1. The molecule has 0 spiro atoms. The van der Waals surface area contributed by atoms with E-state index in [1.54, 1.807) is 4.90 Å². The topological polar surface area (TPSA) is 61.8 Å². The normalized spacial score (nSPS) is 16.5. The van der Waals surface area contributed by atoms with E-state index in [-0.39, 0.29) is 17.9 Å². The Balaban J connectivity index is 1.86. The lowest BCUT2D eigenvalue weighted by Crippen LogP contribution is -2.44. The summed E-state index contributed by atoms with van der Waals surface area (Å²) in [5, 5.41) is 12.9. The molecule has 2 rings (SSSR count). The van der Waals surface area contributed by atoms with Gasteiger partial charge in [0.25, 0.3) is 0 Å². The Labute approximate surface area is 130 Å². The minimum atomic E-state index is -0.494. The largest absolute Gasteiger partial charge is 0.506 e. The lowest BCUT2D eigenvalue weighted by atomic mass is 10.0. The van der Waals surface area contributed by atoms with E-state index >= 15 is 0 Å². The number of aromatic hydroxyl groups is 1. The first kappa shape index (κ1) is 16.4. The lowest BCUT2D eigenvalue weighted by molar-refractivity contribution is 0.0210. The summed E-state index contributed by atoms with van der Waals surface area (Å²) >= 11 is 0. The van der Waals surface area contributed by atoms with Gasteiger partial charge in [-0.2, -0.15) is 0 Å². The second-order valence-corrected chi connectivity index (χ2v) is 6.55. The summed E-state index contributed by atoms with van der Waals surface area (Å²) in [5.41, 5.74) is 0.0173. The summed E-state index contributed by atoms with van der Waals surface area (Å²) in [6, 6.07) is 4.04. The third-order valence-corrected chi connectivity index (χ3v) is 3.47. The number of rotatable bonds is 2. The molecule has 1 aliphatic rings. The molecule has 122 valence electrons. The molecule has 1 heterocycles. The first-order chi connectivity index (χ1) is 10.2. The highest BCUT2D eigenvalue weighted by Gasteiger charge is 2.27. The van der Waals surface area contributed by atoms with Gasteiger partial charge in [0.15, 0.2) is 0 Å². The van der Waals surface area contributed by atoms with Crippen molar-refractivity contribution in [2.45, 2.75) is 45.3 Å². The van der Waals surface area contributed by atoms with Gasteiger partial charge in [-0.15, -0.1) is 0 Å². The highest BCUT2D eigenvalue weighted by Crippen LogP contribution is 2.26. The quantitative estimate of drug-likeness (QED) is 0.822. The van der Waals surface area contributed by atoms with Crippen molar-refractivity contribution in [1.29, 1.82) is 0 Å². The highest BCUT2D eigenvalue weighted by atomic mass is 19.1. The molecule has 22 heavy (non-hydrogen) atoms. The first-order valence-electron chi connectivity index (χ1n) is 7.47. The number of halogens is 1. The van der Waals surface area contributed by atoms with Crippen LogP contribution in [0.1, 0.15) is 33.6 Å². The van der Waals surface area contributed by atoms with Crippen LogP contribution in [0.5, 0.6) is 5.75 Å². The number of anilines is 1. The van der Waals surface area contributed by atoms with E-state index in [4.69, 9.17) is 4.74 Å². The van der Waals surface area contributed by atoms with Crippen LogP contribution in [0.2, 0.25) is 0 Å². The van der Waals surface area contributed by atoms with Gasteiger partial charge in [-0.3, -0.25) is 0 Å². The molecule has 2 N–H and O–H groups in total. The fraction of sp³-hybridized carbons (Fsp3) is 0.562. The van der Waals surface area contributed by atoms with Crippen LogP contribution in [0.4, 0.5) is 14.9 Å². The van der Waals surface area contributed by atoms with Gasteiger partial charge < -0.3 is 20.1 Å². The van der Waals surface area contributed by atoms with E-state index in [0.717, 1.165) is 18.9 Å². The average molecular weight is 310 g/mol. The highest BCUT2D eigenvalue weighted by molar-refractivity contribution is 5.68. The van der Waals surface area contributed by atoms with Gasteiger partial charge in [0.1, 0.15) is 17.2 Å². The molecule has 0 saturated carbocycles. The molecule has 1 aromatic carbocycles. The van der Waals surface area contributed by atoms with E-state index in [0.29, 0.717) is 18.8 Å².